The summed E-state index contributed by atoms with van der Waals surface area (Å²) in [7, 11) is 0. The zero-order valence-electron chi connectivity index (χ0n) is 13.0. The molecule has 3 atom stereocenters. The lowest BCUT2D eigenvalue weighted by Crippen LogP contribution is -2.57. The first kappa shape index (κ1) is 16.8. The van der Waals surface area contributed by atoms with Crippen molar-refractivity contribution in [2.75, 3.05) is 0 Å². The minimum atomic E-state index is -1.19. The molecule has 1 fully saturated rings. The van der Waals surface area contributed by atoms with E-state index in [-0.39, 0.29) is 12.1 Å². The lowest BCUT2D eigenvalue weighted by Gasteiger charge is -2.33. The van der Waals surface area contributed by atoms with Crippen LogP contribution in [-0.2, 0) is 4.79 Å². The summed E-state index contributed by atoms with van der Waals surface area (Å²) < 4.78 is 0. The monoisotopic (exact) mass is 284 g/mol. The van der Waals surface area contributed by atoms with Crippen LogP contribution in [0, 0.1) is 11.8 Å². The maximum Gasteiger partial charge on any atom is 0.329 e. The third kappa shape index (κ3) is 4.69. The number of carbonyl (C=O) groups excluding carboxylic acids is 1. The Labute approximate surface area is 121 Å². The predicted molar refractivity (Wildman–Crippen MR) is 78.6 cm³/mol. The molecule has 0 aromatic carbocycles. The maximum atomic E-state index is 12.0. The Hall–Kier alpha value is -1.26. The van der Waals surface area contributed by atoms with Crippen molar-refractivity contribution in [3.63, 3.8) is 0 Å². The molecule has 0 aliphatic heterocycles. The van der Waals surface area contributed by atoms with Crippen molar-refractivity contribution in [2.24, 2.45) is 11.8 Å². The first-order valence-electron chi connectivity index (χ1n) is 7.59. The van der Waals surface area contributed by atoms with E-state index in [4.69, 9.17) is 0 Å². The Balaban J connectivity index is 2.55. The molecule has 0 heterocycles. The zero-order chi connectivity index (χ0) is 15.3. The lowest BCUT2D eigenvalue weighted by atomic mass is 9.80. The van der Waals surface area contributed by atoms with E-state index in [1.807, 2.05) is 6.92 Å². The molecule has 0 saturated heterocycles. The summed E-state index contributed by atoms with van der Waals surface area (Å²) in [4.78, 5) is 23.3. The Bertz CT molecular complexity index is 349. The highest BCUT2D eigenvalue weighted by atomic mass is 16.4. The smallest absolute Gasteiger partial charge is 0.329 e. The molecule has 3 unspecified atom stereocenters. The van der Waals surface area contributed by atoms with Crippen LogP contribution in [0.25, 0.3) is 0 Å². The fourth-order valence-corrected chi connectivity index (χ4v) is 3.26. The van der Waals surface area contributed by atoms with Crippen LogP contribution in [0.3, 0.4) is 0 Å². The van der Waals surface area contributed by atoms with Gasteiger partial charge in [0.1, 0.15) is 5.54 Å². The summed E-state index contributed by atoms with van der Waals surface area (Å²) in [5, 5.41) is 14.8. The largest absolute Gasteiger partial charge is 0.480 e. The molecule has 5 heteroatoms. The second kappa shape index (κ2) is 6.95. The standard InChI is InChI=1S/C15H28N2O3/c1-5-6-15(4,13(18)19)17-14(20)16-12-8-10(2)7-11(3)9-12/h10-12H,5-9H2,1-4H3,(H,18,19)(H2,16,17,20). The first-order valence-corrected chi connectivity index (χ1v) is 7.59. The molecule has 20 heavy (non-hydrogen) atoms. The van der Waals surface area contributed by atoms with Crippen molar-refractivity contribution in [3.8, 4) is 0 Å². The molecule has 5 nitrogen and oxygen atoms in total. The molecule has 116 valence electrons. The van der Waals surface area contributed by atoms with Gasteiger partial charge in [-0.15, -0.1) is 0 Å². The minimum absolute atomic E-state index is 0.147. The number of rotatable bonds is 5. The quantitative estimate of drug-likeness (QED) is 0.726. The topological polar surface area (TPSA) is 78.4 Å². The molecule has 3 N–H and O–H groups in total. The van der Waals surface area contributed by atoms with Gasteiger partial charge in [-0.3, -0.25) is 0 Å². The van der Waals surface area contributed by atoms with Crippen LogP contribution in [0.4, 0.5) is 4.79 Å². The van der Waals surface area contributed by atoms with Gasteiger partial charge in [0.2, 0.25) is 0 Å². The van der Waals surface area contributed by atoms with Gasteiger partial charge in [-0.05, 0) is 44.4 Å². The highest BCUT2D eigenvalue weighted by molar-refractivity contribution is 5.85. The molecule has 0 spiro atoms. The molecule has 1 rings (SSSR count). The van der Waals surface area contributed by atoms with E-state index in [9.17, 15) is 14.7 Å². The summed E-state index contributed by atoms with van der Waals surface area (Å²) in [6.45, 7) is 7.86. The van der Waals surface area contributed by atoms with E-state index in [1.54, 1.807) is 6.92 Å². The Morgan fingerprint density at radius 1 is 1.20 bits per heavy atom. The number of carboxylic acid groups (broad SMARTS) is 1. The summed E-state index contributed by atoms with van der Waals surface area (Å²) in [5.74, 6) is 0.218. The highest BCUT2D eigenvalue weighted by Crippen LogP contribution is 2.28. The normalized spacial score (nSPS) is 29.3. The highest BCUT2D eigenvalue weighted by Gasteiger charge is 2.34. The van der Waals surface area contributed by atoms with E-state index in [0.29, 0.717) is 24.7 Å². The third-order valence-electron chi connectivity index (χ3n) is 4.13. The average Bonchev–Trinajstić information content (AvgIpc) is 2.26. The van der Waals surface area contributed by atoms with E-state index in [1.165, 1.54) is 6.42 Å². The van der Waals surface area contributed by atoms with E-state index in [2.05, 4.69) is 24.5 Å². The van der Waals surface area contributed by atoms with Crippen molar-refractivity contribution in [1.82, 2.24) is 10.6 Å². The van der Waals surface area contributed by atoms with Gasteiger partial charge in [0.25, 0.3) is 0 Å². The molecule has 1 aliphatic rings. The van der Waals surface area contributed by atoms with Gasteiger partial charge in [-0.25, -0.2) is 9.59 Å². The van der Waals surface area contributed by atoms with Crippen molar-refractivity contribution in [1.29, 1.82) is 0 Å². The van der Waals surface area contributed by atoms with E-state index >= 15 is 0 Å². The van der Waals surface area contributed by atoms with Crippen LogP contribution >= 0.6 is 0 Å². The fourth-order valence-electron chi connectivity index (χ4n) is 3.26. The number of hydrogen-bond acceptors (Lipinski definition) is 2. The fraction of sp³-hybridized carbons (Fsp3) is 0.867. The van der Waals surface area contributed by atoms with Gasteiger partial charge in [-0.1, -0.05) is 27.2 Å². The number of aliphatic carboxylic acids is 1. The lowest BCUT2D eigenvalue weighted by molar-refractivity contribution is -0.144. The number of carbonyl (C=O) groups is 2. The molecule has 0 radical (unpaired) electrons. The summed E-state index contributed by atoms with van der Waals surface area (Å²) in [5.41, 5.74) is -1.19. The van der Waals surface area contributed by atoms with Crippen LogP contribution in [0.5, 0.6) is 0 Å². The first-order chi connectivity index (χ1) is 9.26. The SMILES string of the molecule is CCCC(C)(NC(=O)NC1CC(C)CC(C)C1)C(=O)O. The molecule has 1 saturated carbocycles. The molecule has 1 aliphatic carbocycles. The number of urea groups is 1. The molecule has 0 aromatic heterocycles. The minimum Gasteiger partial charge on any atom is -0.480 e. The Kier molecular flexibility index (Phi) is 5.84. The molecular weight excluding hydrogens is 256 g/mol. The van der Waals surface area contributed by atoms with Gasteiger partial charge in [-0.2, -0.15) is 0 Å². The zero-order valence-corrected chi connectivity index (χ0v) is 13.0. The second-order valence-electron chi connectivity index (χ2n) is 6.60. The molecule has 0 aromatic rings. The maximum absolute atomic E-state index is 12.0. The third-order valence-corrected chi connectivity index (χ3v) is 4.13. The van der Waals surface area contributed by atoms with Crippen molar-refractivity contribution in [3.05, 3.63) is 0 Å². The van der Waals surface area contributed by atoms with Gasteiger partial charge in [0.05, 0.1) is 0 Å². The van der Waals surface area contributed by atoms with Crippen LogP contribution in [0.2, 0.25) is 0 Å². The Morgan fingerprint density at radius 3 is 2.20 bits per heavy atom. The van der Waals surface area contributed by atoms with Crippen LogP contribution in [0.1, 0.15) is 59.8 Å². The Morgan fingerprint density at radius 2 is 1.75 bits per heavy atom. The molecular formula is C15H28N2O3. The van der Waals surface area contributed by atoms with Crippen molar-refractivity contribution < 1.29 is 14.7 Å². The summed E-state index contributed by atoms with van der Waals surface area (Å²) >= 11 is 0. The average molecular weight is 284 g/mol. The van der Waals surface area contributed by atoms with Gasteiger partial charge < -0.3 is 15.7 Å². The second-order valence-corrected chi connectivity index (χ2v) is 6.60. The predicted octanol–water partition coefficient (Wildman–Crippen LogP) is 2.75. The number of hydrogen-bond donors (Lipinski definition) is 3. The summed E-state index contributed by atoms with van der Waals surface area (Å²) in [6.07, 6.45) is 4.26. The molecule has 0 bridgehead atoms. The van der Waals surface area contributed by atoms with Crippen LogP contribution < -0.4 is 10.6 Å². The van der Waals surface area contributed by atoms with Crippen molar-refractivity contribution >= 4 is 12.0 Å². The number of amides is 2. The van der Waals surface area contributed by atoms with Gasteiger partial charge >= 0.3 is 12.0 Å². The summed E-state index contributed by atoms with van der Waals surface area (Å²) in [6, 6.07) is -0.219. The van der Waals surface area contributed by atoms with Gasteiger partial charge in [0.15, 0.2) is 0 Å². The van der Waals surface area contributed by atoms with Crippen LogP contribution in [0.15, 0.2) is 0 Å². The number of nitrogens with one attached hydrogen (secondary N) is 2. The van der Waals surface area contributed by atoms with Crippen molar-refractivity contribution in [2.45, 2.75) is 71.4 Å². The van der Waals surface area contributed by atoms with E-state index < -0.39 is 11.5 Å². The van der Waals surface area contributed by atoms with Gasteiger partial charge in [0, 0.05) is 6.04 Å². The molecule has 2 amide bonds. The van der Waals surface area contributed by atoms with Crippen LogP contribution in [-0.4, -0.2) is 28.7 Å². The van der Waals surface area contributed by atoms with E-state index in [0.717, 1.165) is 12.8 Å². The number of carboxylic acids is 1.